The first-order valence-electron chi connectivity index (χ1n) is 12.1. The summed E-state index contributed by atoms with van der Waals surface area (Å²) in [4.78, 5) is 13.5. The lowest BCUT2D eigenvalue weighted by molar-refractivity contribution is -0.00232. The van der Waals surface area contributed by atoms with Gasteiger partial charge in [0.05, 0.1) is 22.1 Å². The van der Waals surface area contributed by atoms with Crippen molar-refractivity contribution in [3.63, 3.8) is 0 Å². The Morgan fingerprint density at radius 2 is 1.76 bits per heavy atom. The molecule has 182 valence electrons. The second-order valence-corrected chi connectivity index (χ2v) is 13.4. The number of phenols is 1. The molecule has 1 aromatic rings. The molecule has 1 N–H and O–H groups in total. The smallest absolute Gasteiger partial charge is 0.338 e. The molecular weight excluding hydrogens is 548 g/mol. The van der Waals surface area contributed by atoms with Gasteiger partial charge in [-0.3, -0.25) is 0 Å². The third-order valence-electron chi connectivity index (χ3n) is 8.32. The van der Waals surface area contributed by atoms with Gasteiger partial charge < -0.3 is 14.6 Å². The fourth-order valence-electron chi connectivity index (χ4n) is 5.62. The predicted molar refractivity (Wildman–Crippen MR) is 139 cm³/mol. The molecule has 2 bridgehead atoms. The number of carbonyl (C=O) groups excluding carboxylic acids is 1. The maximum Gasteiger partial charge on any atom is 0.338 e. The first-order valence-corrected chi connectivity index (χ1v) is 13.9. The third-order valence-corrected chi connectivity index (χ3v) is 11.3. The van der Waals surface area contributed by atoms with Gasteiger partial charge >= 0.3 is 5.97 Å². The Balaban J connectivity index is 1.74. The standard InChI is InChI=1S/C27H36Br2O4/c1-16-6-9-22(29)26(4)12-11-23-27(5,32-23)13-10-21(28)25(2,3)33-24(31)17-7-8-20(30)18(14-17)15-19(16)26/h7-8,14,21-23,30H,6,9-13,15H2,1-5H3/t21-,22+,23+,26+,27+/m1/s1. The minimum atomic E-state index is -0.669. The first-order chi connectivity index (χ1) is 15.4. The van der Waals surface area contributed by atoms with Crippen LogP contribution in [0.3, 0.4) is 0 Å². The largest absolute Gasteiger partial charge is 0.508 e. The van der Waals surface area contributed by atoms with Crippen molar-refractivity contribution in [3.8, 4) is 5.75 Å². The van der Waals surface area contributed by atoms with Gasteiger partial charge in [-0.2, -0.15) is 0 Å². The molecule has 33 heavy (non-hydrogen) atoms. The Morgan fingerprint density at radius 1 is 1.03 bits per heavy atom. The number of esters is 1. The van der Waals surface area contributed by atoms with E-state index in [-0.39, 0.29) is 33.7 Å². The van der Waals surface area contributed by atoms with E-state index in [4.69, 9.17) is 9.47 Å². The van der Waals surface area contributed by atoms with Gasteiger partial charge in [-0.05, 0) is 96.4 Å². The molecule has 0 unspecified atom stereocenters. The zero-order valence-corrected chi connectivity index (χ0v) is 23.5. The van der Waals surface area contributed by atoms with Crippen LogP contribution in [0.5, 0.6) is 5.75 Å². The van der Waals surface area contributed by atoms with Gasteiger partial charge in [0.15, 0.2) is 0 Å². The molecular formula is C27H36Br2O4. The van der Waals surface area contributed by atoms with E-state index in [9.17, 15) is 9.90 Å². The topological polar surface area (TPSA) is 59.1 Å². The number of phenolic OH excluding ortho intramolecular Hbond substituents is 1. The van der Waals surface area contributed by atoms with Gasteiger partial charge in [-0.25, -0.2) is 4.79 Å². The fraction of sp³-hybridized carbons (Fsp3) is 0.667. The number of alkyl halides is 2. The summed E-state index contributed by atoms with van der Waals surface area (Å²) in [6.07, 6.45) is 6.86. The number of hydrogen-bond donors (Lipinski definition) is 1. The van der Waals surface area contributed by atoms with Crippen molar-refractivity contribution in [1.29, 1.82) is 0 Å². The van der Waals surface area contributed by atoms with Gasteiger partial charge in [-0.15, -0.1) is 0 Å². The highest BCUT2D eigenvalue weighted by atomic mass is 79.9. The van der Waals surface area contributed by atoms with Crippen LogP contribution in [0.4, 0.5) is 0 Å². The lowest BCUT2D eigenvalue weighted by Crippen LogP contribution is -2.38. The number of benzene rings is 1. The van der Waals surface area contributed by atoms with Crippen LogP contribution < -0.4 is 0 Å². The van der Waals surface area contributed by atoms with Crippen molar-refractivity contribution in [1.82, 2.24) is 0 Å². The van der Waals surface area contributed by atoms with Crippen molar-refractivity contribution < 1.29 is 19.4 Å². The van der Waals surface area contributed by atoms with Crippen molar-refractivity contribution in [2.45, 2.75) is 107 Å². The summed E-state index contributed by atoms with van der Waals surface area (Å²) in [6.45, 7) is 10.7. The van der Waals surface area contributed by atoms with E-state index >= 15 is 0 Å². The molecule has 1 fully saturated rings. The molecule has 0 amide bonds. The number of aromatic hydroxyl groups is 1. The molecule has 0 spiro atoms. The molecule has 4 rings (SSSR count). The van der Waals surface area contributed by atoms with Crippen molar-refractivity contribution in [2.24, 2.45) is 5.41 Å². The van der Waals surface area contributed by atoms with Gasteiger partial charge in [0.1, 0.15) is 11.4 Å². The molecule has 4 nitrogen and oxygen atoms in total. The fourth-order valence-corrected chi connectivity index (χ4v) is 6.68. The van der Waals surface area contributed by atoms with Gasteiger partial charge in [0.2, 0.25) is 0 Å². The number of epoxide rings is 1. The quantitative estimate of drug-likeness (QED) is 0.151. The SMILES string of the molecule is CC1=C2Cc3cc(ccc3O)C(=O)OC(C)(C)[C@H](Br)CC[C@]3(C)O[C@H]3CC[C@]2(C)[C@@H](Br)CC1. The van der Waals surface area contributed by atoms with Crippen LogP contribution in [-0.4, -0.2) is 38.0 Å². The van der Waals surface area contributed by atoms with Crippen LogP contribution in [0, 0.1) is 5.41 Å². The summed E-state index contributed by atoms with van der Waals surface area (Å²) < 4.78 is 12.2. The van der Waals surface area contributed by atoms with Crippen LogP contribution in [0.25, 0.3) is 0 Å². The van der Waals surface area contributed by atoms with Crippen LogP contribution in [0.1, 0.15) is 89.1 Å². The Kier molecular flexibility index (Phi) is 6.87. The minimum Gasteiger partial charge on any atom is -0.508 e. The highest BCUT2D eigenvalue weighted by Crippen LogP contribution is 2.52. The molecule has 1 aromatic carbocycles. The predicted octanol–water partition coefficient (Wildman–Crippen LogP) is 7.25. The van der Waals surface area contributed by atoms with Crippen LogP contribution in [0.2, 0.25) is 0 Å². The van der Waals surface area contributed by atoms with Crippen LogP contribution >= 0.6 is 31.9 Å². The number of cyclic esters (lactones) is 1. The Morgan fingerprint density at radius 3 is 2.48 bits per heavy atom. The van der Waals surface area contributed by atoms with Gasteiger partial charge in [-0.1, -0.05) is 49.9 Å². The number of fused-ring (bicyclic) bond motifs is 4. The molecule has 2 aliphatic heterocycles. The Bertz CT molecular complexity index is 971. The van der Waals surface area contributed by atoms with E-state index in [0.29, 0.717) is 16.8 Å². The number of allylic oxidation sites excluding steroid dienone is 2. The normalized spacial score (nSPS) is 37.1. The average Bonchev–Trinajstić information content (AvgIpc) is 3.41. The summed E-state index contributed by atoms with van der Waals surface area (Å²) >= 11 is 7.78. The second kappa shape index (κ2) is 8.98. The van der Waals surface area contributed by atoms with Crippen molar-refractivity contribution >= 4 is 37.8 Å². The second-order valence-electron chi connectivity index (χ2n) is 11.2. The van der Waals surface area contributed by atoms with Crippen LogP contribution in [-0.2, 0) is 15.9 Å². The van der Waals surface area contributed by atoms with Crippen molar-refractivity contribution in [3.05, 3.63) is 40.5 Å². The average molecular weight is 584 g/mol. The maximum absolute atomic E-state index is 13.1. The zero-order valence-electron chi connectivity index (χ0n) is 20.3. The summed E-state index contributed by atoms with van der Waals surface area (Å²) in [6, 6.07) is 5.09. The molecule has 6 heteroatoms. The minimum absolute atomic E-state index is 0.0140. The van der Waals surface area contributed by atoms with Gasteiger partial charge in [0.25, 0.3) is 0 Å². The van der Waals surface area contributed by atoms with E-state index in [0.717, 1.165) is 44.1 Å². The highest BCUT2D eigenvalue weighted by molar-refractivity contribution is 9.09. The monoisotopic (exact) mass is 582 g/mol. The third kappa shape index (κ3) is 4.95. The summed E-state index contributed by atoms with van der Waals surface area (Å²) in [5, 5.41) is 10.7. The Hall–Kier alpha value is -0.850. The van der Waals surface area contributed by atoms with E-state index in [1.54, 1.807) is 12.1 Å². The van der Waals surface area contributed by atoms with E-state index in [2.05, 4.69) is 52.6 Å². The Labute approximate surface area is 214 Å². The summed E-state index contributed by atoms with van der Waals surface area (Å²) in [7, 11) is 0. The van der Waals surface area contributed by atoms with Gasteiger partial charge in [0, 0.05) is 10.2 Å². The molecule has 0 aromatic heterocycles. The van der Waals surface area contributed by atoms with E-state index < -0.39 is 5.60 Å². The lowest BCUT2D eigenvalue weighted by atomic mass is 9.66. The molecule has 1 saturated heterocycles. The number of hydrogen-bond acceptors (Lipinski definition) is 4. The molecule has 2 heterocycles. The molecule has 1 aliphatic carbocycles. The number of ether oxygens (including phenoxy) is 2. The summed E-state index contributed by atoms with van der Waals surface area (Å²) in [5.74, 6) is -0.136. The molecule has 3 aliphatic rings. The highest BCUT2D eigenvalue weighted by Gasteiger charge is 2.53. The molecule has 5 atom stereocenters. The maximum atomic E-state index is 13.1. The molecule has 0 saturated carbocycles. The first kappa shape index (κ1) is 25.2. The molecule has 0 radical (unpaired) electrons. The zero-order chi connectivity index (χ0) is 24.2. The van der Waals surface area contributed by atoms with Crippen molar-refractivity contribution in [2.75, 3.05) is 0 Å². The number of rotatable bonds is 0. The van der Waals surface area contributed by atoms with E-state index in [1.807, 2.05) is 19.9 Å². The number of halogens is 2. The van der Waals surface area contributed by atoms with Crippen LogP contribution in [0.15, 0.2) is 29.3 Å². The summed E-state index contributed by atoms with van der Waals surface area (Å²) in [5.41, 5.74) is 3.20. The van der Waals surface area contributed by atoms with E-state index in [1.165, 1.54) is 11.1 Å². The lowest BCUT2D eigenvalue weighted by Gasteiger charge is -2.42. The number of carbonyl (C=O) groups is 1.